The Morgan fingerprint density at radius 2 is 2.14 bits per heavy atom. The number of thioether (sulfide) groups is 1. The lowest BCUT2D eigenvalue weighted by Crippen LogP contribution is -1.89. The molecule has 0 N–H and O–H groups in total. The van der Waals surface area contributed by atoms with Gasteiger partial charge in [0, 0.05) is 16.7 Å². The van der Waals surface area contributed by atoms with Crippen molar-refractivity contribution in [2.24, 2.45) is 0 Å². The van der Waals surface area contributed by atoms with E-state index in [2.05, 4.69) is 0 Å². The molecule has 0 fully saturated rings. The van der Waals surface area contributed by atoms with E-state index >= 15 is 0 Å². The molecule has 14 heavy (non-hydrogen) atoms. The lowest BCUT2D eigenvalue weighted by Gasteiger charge is -2.02. The van der Waals surface area contributed by atoms with Crippen LogP contribution in [-0.4, -0.2) is 11.6 Å². The molecule has 0 heterocycles. The Morgan fingerprint density at radius 1 is 1.36 bits per heavy atom. The van der Waals surface area contributed by atoms with Crippen LogP contribution in [0.1, 0.15) is 12.0 Å². The van der Waals surface area contributed by atoms with Crippen LogP contribution >= 0.6 is 35.0 Å². The minimum atomic E-state index is -0.226. The molecule has 0 bridgehead atoms. The molecule has 78 valence electrons. The van der Waals surface area contributed by atoms with Gasteiger partial charge in [-0.2, -0.15) is 11.8 Å². The molecule has 0 aliphatic rings. The fourth-order valence-corrected chi connectivity index (χ4v) is 2.38. The number of rotatable bonds is 5. The fourth-order valence-electron chi connectivity index (χ4n) is 0.977. The smallest absolute Gasteiger partial charge is 0.128 e. The van der Waals surface area contributed by atoms with Crippen LogP contribution in [0.5, 0.6) is 0 Å². The van der Waals surface area contributed by atoms with E-state index in [-0.39, 0.29) is 5.82 Å². The van der Waals surface area contributed by atoms with Gasteiger partial charge in [-0.05, 0) is 29.9 Å². The van der Waals surface area contributed by atoms with Crippen molar-refractivity contribution >= 4 is 35.0 Å². The van der Waals surface area contributed by atoms with Crippen molar-refractivity contribution in [3.8, 4) is 0 Å². The Morgan fingerprint density at radius 3 is 2.79 bits per heavy atom. The maximum absolute atomic E-state index is 13.2. The highest BCUT2D eigenvalue weighted by Gasteiger charge is 2.02. The Kier molecular flexibility index (Phi) is 5.68. The van der Waals surface area contributed by atoms with Crippen molar-refractivity contribution in [3.05, 3.63) is 34.6 Å². The highest BCUT2D eigenvalue weighted by atomic mass is 35.5. The molecule has 0 nitrogen and oxygen atoms in total. The minimum absolute atomic E-state index is 0.226. The van der Waals surface area contributed by atoms with E-state index in [0.717, 1.165) is 12.2 Å². The predicted molar refractivity (Wildman–Crippen MR) is 62.9 cm³/mol. The van der Waals surface area contributed by atoms with E-state index in [0.29, 0.717) is 22.2 Å². The van der Waals surface area contributed by atoms with Crippen LogP contribution in [0.4, 0.5) is 4.39 Å². The number of hydrogen-bond acceptors (Lipinski definition) is 1. The molecule has 0 aliphatic heterocycles. The molecule has 0 aliphatic carbocycles. The van der Waals surface area contributed by atoms with Gasteiger partial charge in [0.05, 0.1) is 0 Å². The van der Waals surface area contributed by atoms with E-state index < -0.39 is 0 Å². The van der Waals surface area contributed by atoms with Crippen LogP contribution in [-0.2, 0) is 5.75 Å². The Balaban J connectivity index is 2.42. The first-order valence-corrected chi connectivity index (χ1v) is 6.38. The minimum Gasteiger partial charge on any atom is -0.207 e. The average molecular weight is 253 g/mol. The van der Waals surface area contributed by atoms with E-state index in [1.165, 1.54) is 6.07 Å². The van der Waals surface area contributed by atoms with E-state index in [1.807, 2.05) is 0 Å². The second-order valence-corrected chi connectivity index (χ2v) is 4.75. The summed E-state index contributed by atoms with van der Waals surface area (Å²) in [4.78, 5) is 0. The molecule has 0 amide bonds. The number of halogens is 3. The largest absolute Gasteiger partial charge is 0.207 e. The normalized spacial score (nSPS) is 10.5. The zero-order valence-corrected chi connectivity index (χ0v) is 9.93. The average Bonchev–Trinajstić information content (AvgIpc) is 2.15. The summed E-state index contributed by atoms with van der Waals surface area (Å²) in [6.45, 7) is 0. The molecule has 1 rings (SSSR count). The third-order valence-electron chi connectivity index (χ3n) is 1.69. The molecular formula is C10H11Cl2FS. The van der Waals surface area contributed by atoms with Gasteiger partial charge < -0.3 is 0 Å². The monoisotopic (exact) mass is 252 g/mol. The van der Waals surface area contributed by atoms with Crippen LogP contribution in [0.15, 0.2) is 18.2 Å². The zero-order chi connectivity index (χ0) is 10.4. The van der Waals surface area contributed by atoms with Gasteiger partial charge in [0.25, 0.3) is 0 Å². The summed E-state index contributed by atoms with van der Waals surface area (Å²) in [5, 5.41) is 0.442. The van der Waals surface area contributed by atoms with Crippen molar-refractivity contribution in [2.75, 3.05) is 11.6 Å². The molecular weight excluding hydrogens is 242 g/mol. The van der Waals surface area contributed by atoms with Gasteiger partial charge in [0.2, 0.25) is 0 Å². The maximum atomic E-state index is 13.2. The molecule has 4 heteroatoms. The maximum Gasteiger partial charge on any atom is 0.128 e. The third kappa shape index (κ3) is 4.07. The van der Waals surface area contributed by atoms with Gasteiger partial charge in [0.15, 0.2) is 0 Å². The van der Waals surface area contributed by atoms with Crippen LogP contribution in [0.3, 0.4) is 0 Å². The van der Waals surface area contributed by atoms with E-state index in [1.54, 1.807) is 23.9 Å². The molecule has 0 radical (unpaired) electrons. The molecule has 1 aromatic rings. The van der Waals surface area contributed by atoms with Crippen molar-refractivity contribution in [2.45, 2.75) is 12.2 Å². The van der Waals surface area contributed by atoms with E-state index in [4.69, 9.17) is 23.2 Å². The topological polar surface area (TPSA) is 0 Å². The highest BCUT2D eigenvalue weighted by molar-refractivity contribution is 7.98. The van der Waals surface area contributed by atoms with Crippen LogP contribution in [0.2, 0.25) is 5.02 Å². The summed E-state index contributed by atoms with van der Waals surface area (Å²) < 4.78 is 13.2. The number of benzene rings is 1. The third-order valence-corrected chi connectivity index (χ3v) is 3.29. The lowest BCUT2D eigenvalue weighted by atomic mass is 10.2. The van der Waals surface area contributed by atoms with Gasteiger partial charge in [-0.25, -0.2) is 4.39 Å². The van der Waals surface area contributed by atoms with Gasteiger partial charge >= 0.3 is 0 Å². The molecule has 0 spiro atoms. The summed E-state index contributed by atoms with van der Waals surface area (Å²) in [6.07, 6.45) is 0.960. The zero-order valence-electron chi connectivity index (χ0n) is 7.60. The number of hydrogen-bond donors (Lipinski definition) is 0. The predicted octanol–water partition coefficient (Wildman–Crippen LogP) is 4.34. The van der Waals surface area contributed by atoms with Crippen molar-refractivity contribution in [1.29, 1.82) is 0 Å². The molecule has 0 aromatic heterocycles. The van der Waals surface area contributed by atoms with Gasteiger partial charge in [-0.15, -0.1) is 11.6 Å². The first-order chi connectivity index (χ1) is 6.74. The van der Waals surface area contributed by atoms with Crippen molar-refractivity contribution in [1.82, 2.24) is 0 Å². The fraction of sp³-hybridized carbons (Fsp3) is 0.400. The van der Waals surface area contributed by atoms with Crippen LogP contribution in [0.25, 0.3) is 0 Å². The first kappa shape index (κ1) is 12.2. The highest BCUT2D eigenvalue weighted by Crippen LogP contribution is 2.19. The van der Waals surface area contributed by atoms with Gasteiger partial charge in [-0.3, -0.25) is 0 Å². The molecule has 0 saturated carbocycles. The molecule has 0 unspecified atom stereocenters. The summed E-state index contributed by atoms with van der Waals surface area (Å²) >= 11 is 12.9. The summed E-state index contributed by atoms with van der Waals surface area (Å²) in [5.41, 5.74) is 0.703. The van der Waals surface area contributed by atoms with Crippen LogP contribution < -0.4 is 0 Å². The van der Waals surface area contributed by atoms with Crippen LogP contribution in [0, 0.1) is 5.82 Å². The summed E-state index contributed by atoms with van der Waals surface area (Å²) in [7, 11) is 0. The Hall–Kier alpha value is 0.0800. The quantitative estimate of drug-likeness (QED) is 0.555. The van der Waals surface area contributed by atoms with E-state index in [9.17, 15) is 4.39 Å². The Bertz CT molecular complexity index is 291. The SMILES string of the molecule is Fc1cc(Cl)ccc1CSCCCCl. The molecule has 0 saturated heterocycles. The molecule has 1 aromatic carbocycles. The summed E-state index contributed by atoms with van der Waals surface area (Å²) in [6, 6.07) is 4.78. The van der Waals surface area contributed by atoms with Crippen molar-refractivity contribution < 1.29 is 4.39 Å². The first-order valence-electron chi connectivity index (χ1n) is 4.31. The van der Waals surface area contributed by atoms with Gasteiger partial charge in [-0.1, -0.05) is 17.7 Å². The number of alkyl halides is 1. The van der Waals surface area contributed by atoms with Gasteiger partial charge in [0.1, 0.15) is 5.82 Å². The second-order valence-electron chi connectivity index (χ2n) is 2.83. The summed E-state index contributed by atoms with van der Waals surface area (Å²) in [5.74, 6) is 2.08. The Labute approximate surface area is 97.8 Å². The standard InChI is InChI=1S/C10H11Cl2FS/c11-4-1-5-14-7-8-2-3-9(12)6-10(8)13/h2-3,6H,1,4-5,7H2. The second kappa shape index (κ2) is 6.54. The lowest BCUT2D eigenvalue weighted by molar-refractivity contribution is 0.617. The van der Waals surface area contributed by atoms with Crippen molar-refractivity contribution in [3.63, 3.8) is 0 Å². The molecule has 0 atom stereocenters.